The summed E-state index contributed by atoms with van der Waals surface area (Å²) in [6.07, 6.45) is 0. The first kappa shape index (κ1) is 17.8. The van der Waals surface area contributed by atoms with Gasteiger partial charge >= 0.3 is 0 Å². The molecule has 0 bridgehead atoms. The highest BCUT2D eigenvalue weighted by atomic mass is 35.5. The third kappa shape index (κ3) is 2.97. The maximum Gasteiger partial charge on any atom is 0.255 e. The Bertz CT molecular complexity index is 1200. The Morgan fingerprint density at radius 2 is 1.83 bits per heavy atom. The molecule has 1 unspecified atom stereocenters. The SMILES string of the molecule is COc1ccc(Cl)cc1C(c1cc2ccccc2[nH]1)N1Cc2ccccc2C1=O. The molecule has 1 aliphatic heterocycles. The van der Waals surface area contributed by atoms with Crippen molar-refractivity contribution >= 4 is 28.4 Å². The first-order valence-corrected chi connectivity index (χ1v) is 9.83. The number of aromatic nitrogens is 1. The number of benzene rings is 3. The van der Waals surface area contributed by atoms with Crippen molar-refractivity contribution in [1.29, 1.82) is 0 Å². The van der Waals surface area contributed by atoms with E-state index in [1.165, 1.54) is 0 Å². The van der Waals surface area contributed by atoms with Gasteiger partial charge in [-0.1, -0.05) is 48.0 Å². The Balaban J connectivity index is 1.70. The Labute approximate surface area is 173 Å². The van der Waals surface area contributed by atoms with Gasteiger partial charge in [-0.05, 0) is 47.3 Å². The molecule has 4 aromatic rings. The van der Waals surface area contributed by atoms with Crippen molar-refractivity contribution in [3.8, 4) is 5.75 Å². The lowest BCUT2D eigenvalue weighted by atomic mass is 10.0. The molecule has 0 radical (unpaired) electrons. The second-order valence-corrected chi connectivity index (χ2v) is 7.63. The molecular formula is C24H19ClN2O2. The molecule has 3 aromatic carbocycles. The van der Waals surface area contributed by atoms with E-state index in [1.54, 1.807) is 13.2 Å². The topological polar surface area (TPSA) is 45.3 Å². The van der Waals surface area contributed by atoms with Gasteiger partial charge in [-0.25, -0.2) is 0 Å². The van der Waals surface area contributed by atoms with Gasteiger partial charge in [0.1, 0.15) is 11.8 Å². The minimum Gasteiger partial charge on any atom is -0.496 e. The first-order chi connectivity index (χ1) is 14.2. The number of carbonyl (C=O) groups is 1. The van der Waals surface area contributed by atoms with Gasteiger partial charge < -0.3 is 14.6 Å². The minimum absolute atomic E-state index is 0.00582. The van der Waals surface area contributed by atoms with Crippen LogP contribution in [0.25, 0.3) is 10.9 Å². The molecule has 4 nitrogen and oxygen atoms in total. The predicted octanol–water partition coefficient (Wildman–Crippen LogP) is 5.58. The highest BCUT2D eigenvalue weighted by Crippen LogP contribution is 2.40. The number of fused-ring (bicyclic) bond motifs is 2. The van der Waals surface area contributed by atoms with Crippen molar-refractivity contribution < 1.29 is 9.53 Å². The van der Waals surface area contributed by atoms with Crippen LogP contribution in [-0.2, 0) is 6.54 Å². The molecule has 5 rings (SSSR count). The van der Waals surface area contributed by atoms with Crippen LogP contribution in [0.1, 0.15) is 33.2 Å². The third-order valence-electron chi connectivity index (χ3n) is 5.49. The highest BCUT2D eigenvalue weighted by Gasteiger charge is 2.36. The molecule has 5 heteroatoms. The van der Waals surface area contributed by atoms with E-state index in [-0.39, 0.29) is 11.9 Å². The van der Waals surface area contributed by atoms with Gasteiger partial charge in [0.15, 0.2) is 0 Å². The van der Waals surface area contributed by atoms with E-state index in [9.17, 15) is 4.79 Å². The Morgan fingerprint density at radius 1 is 1.03 bits per heavy atom. The molecule has 1 atom stereocenters. The lowest BCUT2D eigenvalue weighted by Gasteiger charge is -2.29. The molecule has 29 heavy (non-hydrogen) atoms. The average Bonchev–Trinajstić information content (AvgIpc) is 3.30. The van der Waals surface area contributed by atoms with Gasteiger partial charge in [-0.15, -0.1) is 0 Å². The number of nitrogens with zero attached hydrogens (tertiary/aromatic N) is 1. The van der Waals surface area contributed by atoms with Crippen molar-refractivity contribution in [2.45, 2.75) is 12.6 Å². The zero-order chi connectivity index (χ0) is 20.0. The van der Waals surface area contributed by atoms with Gasteiger partial charge in [0.2, 0.25) is 0 Å². The molecule has 1 aromatic heterocycles. The van der Waals surface area contributed by atoms with Crippen molar-refractivity contribution in [1.82, 2.24) is 9.88 Å². The van der Waals surface area contributed by atoms with Crippen LogP contribution in [0.2, 0.25) is 5.02 Å². The Hall–Kier alpha value is -3.24. The van der Waals surface area contributed by atoms with Gasteiger partial charge in [0.25, 0.3) is 5.91 Å². The van der Waals surface area contributed by atoms with Crippen LogP contribution in [0, 0.1) is 0 Å². The Morgan fingerprint density at radius 3 is 2.62 bits per heavy atom. The zero-order valence-corrected chi connectivity index (χ0v) is 16.6. The number of nitrogens with one attached hydrogen (secondary N) is 1. The second kappa shape index (κ2) is 6.98. The lowest BCUT2D eigenvalue weighted by Crippen LogP contribution is -2.30. The number of para-hydroxylation sites is 1. The summed E-state index contributed by atoms with van der Waals surface area (Å²) < 4.78 is 5.64. The fourth-order valence-corrected chi connectivity index (χ4v) is 4.33. The van der Waals surface area contributed by atoms with Gasteiger partial charge in [0, 0.05) is 33.9 Å². The van der Waals surface area contributed by atoms with Crippen LogP contribution < -0.4 is 4.74 Å². The van der Waals surface area contributed by atoms with E-state index in [4.69, 9.17) is 16.3 Å². The molecule has 1 amide bonds. The van der Waals surface area contributed by atoms with Crippen LogP contribution in [0.15, 0.2) is 72.8 Å². The smallest absolute Gasteiger partial charge is 0.255 e. The third-order valence-corrected chi connectivity index (χ3v) is 5.73. The quantitative estimate of drug-likeness (QED) is 0.484. The maximum atomic E-state index is 13.3. The predicted molar refractivity (Wildman–Crippen MR) is 114 cm³/mol. The lowest BCUT2D eigenvalue weighted by molar-refractivity contribution is 0.0727. The molecule has 1 N–H and O–H groups in total. The summed E-state index contributed by atoms with van der Waals surface area (Å²) in [5, 5.41) is 1.70. The number of methoxy groups -OCH3 is 1. The van der Waals surface area contributed by atoms with Crippen LogP contribution in [-0.4, -0.2) is 22.9 Å². The van der Waals surface area contributed by atoms with Crippen molar-refractivity contribution in [2.75, 3.05) is 7.11 Å². The number of ether oxygens (including phenoxy) is 1. The van der Waals surface area contributed by atoms with E-state index < -0.39 is 0 Å². The van der Waals surface area contributed by atoms with Gasteiger partial charge in [0.05, 0.1) is 7.11 Å². The Kier molecular flexibility index (Phi) is 4.29. The number of carbonyl (C=O) groups excluding carboxylic acids is 1. The normalized spacial score (nSPS) is 14.3. The number of aromatic amines is 1. The van der Waals surface area contributed by atoms with Crippen LogP contribution in [0.3, 0.4) is 0 Å². The fourth-order valence-electron chi connectivity index (χ4n) is 4.15. The summed E-state index contributed by atoms with van der Waals surface area (Å²) in [5.74, 6) is 0.702. The van der Waals surface area contributed by atoms with Crippen molar-refractivity contribution in [2.24, 2.45) is 0 Å². The molecular weight excluding hydrogens is 384 g/mol. The van der Waals surface area contributed by atoms with Crippen LogP contribution in [0.4, 0.5) is 0 Å². The summed E-state index contributed by atoms with van der Waals surface area (Å²) in [6.45, 7) is 0.532. The van der Waals surface area contributed by atoms with E-state index in [2.05, 4.69) is 17.1 Å². The van der Waals surface area contributed by atoms with E-state index in [1.807, 2.05) is 59.5 Å². The number of hydrogen-bond donors (Lipinski definition) is 1. The molecule has 0 saturated heterocycles. The monoisotopic (exact) mass is 402 g/mol. The molecule has 0 aliphatic carbocycles. The van der Waals surface area contributed by atoms with Gasteiger partial charge in [-0.3, -0.25) is 4.79 Å². The minimum atomic E-state index is -0.351. The van der Waals surface area contributed by atoms with Crippen molar-refractivity contribution in [3.05, 3.63) is 100 Å². The first-order valence-electron chi connectivity index (χ1n) is 9.45. The summed E-state index contributed by atoms with van der Waals surface area (Å²) in [4.78, 5) is 18.7. The van der Waals surface area contributed by atoms with Crippen molar-refractivity contribution in [3.63, 3.8) is 0 Å². The standard InChI is InChI=1S/C24H19ClN2O2/c1-29-22-11-10-17(25)13-19(22)23(21-12-15-6-3-5-9-20(15)26-21)27-14-16-7-2-4-8-18(16)24(27)28/h2-13,23,26H,14H2,1H3. The van der Waals surface area contributed by atoms with E-state index in [0.717, 1.165) is 33.3 Å². The van der Waals surface area contributed by atoms with Crippen LogP contribution in [0.5, 0.6) is 5.75 Å². The summed E-state index contributed by atoms with van der Waals surface area (Å²) in [5.41, 5.74) is 4.58. The number of H-pyrrole nitrogens is 1. The number of amides is 1. The summed E-state index contributed by atoms with van der Waals surface area (Å²) in [7, 11) is 1.63. The second-order valence-electron chi connectivity index (χ2n) is 7.19. The molecule has 0 fully saturated rings. The average molecular weight is 403 g/mol. The highest BCUT2D eigenvalue weighted by molar-refractivity contribution is 6.30. The number of rotatable bonds is 4. The number of hydrogen-bond acceptors (Lipinski definition) is 2. The maximum absolute atomic E-state index is 13.3. The largest absolute Gasteiger partial charge is 0.496 e. The molecule has 2 heterocycles. The fraction of sp³-hybridized carbons (Fsp3) is 0.125. The molecule has 1 aliphatic rings. The summed E-state index contributed by atoms with van der Waals surface area (Å²) >= 11 is 6.35. The molecule has 0 saturated carbocycles. The summed E-state index contributed by atoms with van der Waals surface area (Å²) in [6, 6.07) is 23.1. The van der Waals surface area contributed by atoms with Gasteiger partial charge in [-0.2, -0.15) is 0 Å². The molecule has 0 spiro atoms. The molecule has 144 valence electrons. The zero-order valence-electron chi connectivity index (χ0n) is 15.9. The van der Waals surface area contributed by atoms with Crippen LogP contribution >= 0.6 is 11.6 Å². The number of halogens is 1. The van der Waals surface area contributed by atoms with E-state index >= 15 is 0 Å². The van der Waals surface area contributed by atoms with E-state index in [0.29, 0.717) is 17.3 Å².